The molecule has 0 spiro atoms. The number of aryl methyl sites for hydroxylation is 1. The van der Waals surface area contributed by atoms with E-state index in [4.69, 9.17) is 22.1 Å². The van der Waals surface area contributed by atoms with E-state index in [9.17, 15) is 4.79 Å². The predicted octanol–water partition coefficient (Wildman–Crippen LogP) is 3.87. The van der Waals surface area contributed by atoms with E-state index in [2.05, 4.69) is 0 Å². The van der Waals surface area contributed by atoms with Crippen LogP contribution in [0.25, 0.3) is 0 Å². The summed E-state index contributed by atoms with van der Waals surface area (Å²) in [5.41, 5.74) is 7.60. The van der Waals surface area contributed by atoms with Crippen LogP contribution in [0.15, 0.2) is 42.5 Å². The molecule has 20 heavy (non-hydrogen) atoms. The van der Waals surface area contributed by atoms with E-state index in [1.807, 2.05) is 19.1 Å². The van der Waals surface area contributed by atoms with Gasteiger partial charge in [-0.3, -0.25) is 4.90 Å². The van der Waals surface area contributed by atoms with Crippen LogP contribution in [0.3, 0.4) is 0 Å². The Bertz CT molecular complexity index is 644. The lowest BCUT2D eigenvalue weighted by Crippen LogP contribution is -2.32. The minimum atomic E-state index is -0.625. The van der Waals surface area contributed by atoms with Gasteiger partial charge in [-0.2, -0.15) is 0 Å². The molecule has 2 aromatic carbocycles. The van der Waals surface area contributed by atoms with E-state index < -0.39 is 6.03 Å². The van der Waals surface area contributed by atoms with Crippen molar-refractivity contribution in [3.8, 4) is 5.75 Å². The summed E-state index contributed by atoms with van der Waals surface area (Å²) in [6.45, 7) is 1.94. The van der Waals surface area contributed by atoms with Crippen molar-refractivity contribution in [2.45, 2.75) is 6.92 Å². The lowest BCUT2D eigenvalue weighted by Gasteiger charge is -2.23. The Labute approximate surface area is 122 Å². The first kappa shape index (κ1) is 14.2. The molecule has 0 aliphatic rings. The van der Waals surface area contributed by atoms with Crippen molar-refractivity contribution in [1.29, 1.82) is 0 Å². The number of para-hydroxylation sites is 1. The lowest BCUT2D eigenvalue weighted by atomic mass is 10.1. The normalized spacial score (nSPS) is 10.2. The molecule has 0 bridgehead atoms. The molecule has 4 nitrogen and oxygen atoms in total. The van der Waals surface area contributed by atoms with Crippen LogP contribution in [0.5, 0.6) is 5.75 Å². The maximum atomic E-state index is 11.8. The zero-order valence-corrected chi connectivity index (χ0v) is 12.0. The number of methoxy groups -OCH3 is 1. The Morgan fingerprint density at radius 3 is 2.50 bits per heavy atom. The van der Waals surface area contributed by atoms with Crippen molar-refractivity contribution >= 4 is 29.0 Å². The molecular formula is C15H15ClN2O2. The average Bonchev–Trinajstić information content (AvgIpc) is 2.42. The molecule has 0 saturated carbocycles. The smallest absolute Gasteiger partial charge is 0.324 e. The second-order valence-electron chi connectivity index (χ2n) is 4.30. The standard InChI is InChI=1S/C15H15ClN2O2/c1-10-7-8-13(14(9-10)20-2)18(15(17)19)12-6-4-3-5-11(12)16/h3-9H,1-2H3,(H2,17,19). The molecule has 0 heterocycles. The summed E-state index contributed by atoms with van der Waals surface area (Å²) in [6.07, 6.45) is 0. The van der Waals surface area contributed by atoms with Crippen LogP contribution in [-0.2, 0) is 0 Å². The number of primary amides is 1. The number of rotatable bonds is 3. The third-order valence-corrected chi connectivity index (χ3v) is 3.21. The molecule has 2 N–H and O–H groups in total. The quantitative estimate of drug-likeness (QED) is 0.933. The molecule has 2 aromatic rings. The maximum Gasteiger partial charge on any atom is 0.324 e. The highest BCUT2D eigenvalue weighted by Gasteiger charge is 2.21. The molecule has 0 fully saturated rings. The summed E-state index contributed by atoms with van der Waals surface area (Å²) in [6, 6.07) is 11.9. The molecule has 0 radical (unpaired) electrons. The molecule has 0 atom stereocenters. The fourth-order valence-corrected chi connectivity index (χ4v) is 2.19. The first-order chi connectivity index (χ1) is 9.54. The van der Waals surface area contributed by atoms with E-state index in [-0.39, 0.29) is 0 Å². The largest absolute Gasteiger partial charge is 0.495 e. The number of benzene rings is 2. The van der Waals surface area contributed by atoms with Crippen LogP contribution in [0.1, 0.15) is 5.56 Å². The number of halogens is 1. The van der Waals surface area contributed by atoms with Crippen molar-refractivity contribution in [3.63, 3.8) is 0 Å². The number of hydrogen-bond donors (Lipinski definition) is 1. The van der Waals surface area contributed by atoms with Crippen molar-refractivity contribution in [2.75, 3.05) is 12.0 Å². The van der Waals surface area contributed by atoms with E-state index in [0.29, 0.717) is 22.1 Å². The number of amides is 2. The van der Waals surface area contributed by atoms with Crippen molar-refractivity contribution < 1.29 is 9.53 Å². The van der Waals surface area contributed by atoms with Gasteiger partial charge in [0.05, 0.1) is 23.5 Å². The topological polar surface area (TPSA) is 55.6 Å². The fourth-order valence-electron chi connectivity index (χ4n) is 1.97. The predicted molar refractivity (Wildman–Crippen MR) is 80.9 cm³/mol. The number of nitrogens with two attached hydrogens (primary N) is 1. The third-order valence-electron chi connectivity index (χ3n) is 2.89. The number of carbonyl (C=O) groups is 1. The van der Waals surface area contributed by atoms with E-state index >= 15 is 0 Å². The summed E-state index contributed by atoms with van der Waals surface area (Å²) in [4.78, 5) is 13.2. The van der Waals surface area contributed by atoms with Gasteiger partial charge in [-0.1, -0.05) is 29.8 Å². The van der Waals surface area contributed by atoms with Gasteiger partial charge < -0.3 is 10.5 Å². The van der Waals surface area contributed by atoms with Crippen LogP contribution in [0.4, 0.5) is 16.2 Å². The molecule has 0 saturated heterocycles. The number of anilines is 2. The van der Waals surface area contributed by atoms with Gasteiger partial charge in [-0.25, -0.2) is 4.79 Å². The van der Waals surface area contributed by atoms with E-state index in [1.54, 1.807) is 37.4 Å². The van der Waals surface area contributed by atoms with Crippen molar-refractivity contribution in [1.82, 2.24) is 0 Å². The van der Waals surface area contributed by atoms with Gasteiger partial charge in [0.25, 0.3) is 0 Å². The Hall–Kier alpha value is -2.20. The first-order valence-electron chi connectivity index (χ1n) is 6.03. The number of nitrogens with zero attached hydrogens (tertiary/aromatic N) is 1. The second kappa shape index (κ2) is 5.84. The van der Waals surface area contributed by atoms with Gasteiger partial charge in [-0.15, -0.1) is 0 Å². The summed E-state index contributed by atoms with van der Waals surface area (Å²) >= 11 is 6.15. The van der Waals surface area contributed by atoms with Gasteiger partial charge >= 0.3 is 6.03 Å². The minimum Gasteiger partial charge on any atom is -0.495 e. The van der Waals surface area contributed by atoms with Gasteiger partial charge in [0.1, 0.15) is 5.75 Å². The number of urea groups is 1. The highest BCUT2D eigenvalue weighted by molar-refractivity contribution is 6.34. The van der Waals surface area contributed by atoms with Gasteiger partial charge in [-0.05, 0) is 36.8 Å². The van der Waals surface area contributed by atoms with Gasteiger partial charge in [0.15, 0.2) is 0 Å². The molecule has 2 amide bonds. The summed E-state index contributed by atoms with van der Waals surface area (Å²) in [5.74, 6) is 0.559. The van der Waals surface area contributed by atoms with Gasteiger partial charge in [0, 0.05) is 0 Å². The van der Waals surface area contributed by atoms with Crippen LogP contribution in [0.2, 0.25) is 5.02 Å². The first-order valence-corrected chi connectivity index (χ1v) is 6.41. The van der Waals surface area contributed by atoms with E-state index in [0.717, 1.165) is 5.56 Å². The molecule has 5 heteroatoms. The van der Waals surface area contributed by atoms with Crippen molar-refractivity contribution in [2.24, 2.45) is 5.73 Å². The summed E-state index contributed by atoms with van der Waals surface area (Å²) in [5, 5.41) is 0.439. The Morgan fingerprint density at radius 1 is 1.20 bits per heavy atom. The molecule has 0 unspecified atom stereocenters. The van der Waals surface area contributed by atoms with Crippen LogP contribution >= 0.6 is 11.6 Å². The number of ether oxygens (including phenoxy) is 1. The molecular weight excluding hydrogens is 276 g/mol. The lowest BCUT2D eigenvalue weighted by molar-refractivity contribution is 0.256. The molecule has 0 aromatic heterocycles. The molecule has 0 aliphatic heterocycles. The SMILES string of the molecule is COc1cc(C)ccc1N(C(N)=O)c1ccccc1Cl. The molecule has 0 aliphatic carbocycles. The van der Waals surface area contributed by atoms with Crippen LogP contribution in [0, 0.1) is 6.92 Å². The van der Waals surface area contributed by atoms with Gasteiger partial charge in [0.2, 0.25) is 0 Å². The zero-order valence-electron chi connectivity index (χ0n) is 11.3. The van der Waals surface area contributed by atoms with Crippen LogP contribution < -0.4 is 15.4 Å². The Kier molecular flexibility index (Phi) is 4.15. The number of carbonyl (C=O) groups excluding carboxylic acids is 1. The molecule has 2 rings (SSSR count). The number of hydrogen-bond acceptors (Lipinski definition) is 2. The van der Waals surface area contributed by atoms with Crippen molar-refractivity contribution in [3.05, 3.63) is 53.1 Å². The average molecular weight is 291 g/mol. The van der Waals surface area contributed by atoms with E-state index in [1.165, 1.54) is 4.90 Å². The highest BCUT2D eigenvalue weighted by Crippen LogP contribution is 2.37. The third kappa shape index (κ3) is 2.70. The Balaban J connectivity index is 2.61. The van der Waals surface area contributed by atoms with Crippen LogP contribution in [-0.4, -0.2) is 13.1 Å². The Morgan fingerprint density at radius 2 is 1.90 bits per heavy atom. The monoisotopic (exact) mass is 290 g/mol. The summed E-state index contributed by atoms with van der Waals surface area (Å²) in [7, 11) is 1.55. The minimum absolute atomic E-state index is 0.439. The summed E-state index contributed by atoms with van der Waals surface area (Å²) < 4.78 is 5.33. The fraction of sp³-hybridized carbons (Fsp3) is 0.133. The second-order valence-corrected chi connectivity index (χ2v) is 4.71. The zero-order chi connectivity index (χ0) is 14.7. The maximum absolute atomic E-state index is 11.8. The highest BCUT2D eigenvalue weighted by atomic mass is 35.5. The molecule has 104 valence electrons.